The first-order chi connectivity index (χ1) is 12.8. The van der Waals surface area contributed by atoms with Gasteiger partial charge in [0, 0.05) is 0 Å². The number of esters is 1. The van der Waals surface area contributed by atoms with Crippen molar-refractivity contribution in [1.82, 2.24) is 4.90 Å². The molecule has 3 aliphatic rings. The van der Waals surface area contributed by atoms with Gasteiger partial charge >= 0.3 is 167 Å². The molecular formula is C22H32FNO2Sn. The summed E-state index contributed by atoms with van der Waals surface area (Å²) in [5.41, 5.74) is 1.55. The Balaban J connectivity index is 1.64. The topological polar surface area (TPSA) is 29.5 Å². The zero-order valence-electron chi connectivity index (χ0n) is 17.0. The summed E-state index contributed by atoms with van der Waals surface area (Å²) in [6, 6.07) is 9.92. The summed E-state index contributed by atoms with van der Waals surface area (Å²) < 4.78 is 19.5. The Hall–Kier alpha value is -0.621. The molecule has 5 unspecified atom stereocenters. The molecule has 1 saturated heterocycles. The first kappa shape index (κ1) is 19.7. The molecule has 2 aliphatic carbocycles. The van der Waals surface area contributed by atoms with Crippen molar-refractivity contribution < 1.29 is 13.9 Å². The van der Waals surface area contributed by atoms with Gasteiger partial charge < -0.3 is 0 Å². The number of piperidine rings is 1. The number of carbonyl (C=O) groups excluding carboxylic acids is 1. The van der Waals surface area contributed by atoms with E-state index in [2.05, 4.69) is 44.0 Å². The maximum absolute atomic E-state index is 12.8. The van der Waals surface area contributed by atoms with Gasteiger partial charge in [-0.05, 0) is 0 Å². The summed E-state index contributed by atoms with van der Waals surface area (Å²) in [7, 11) is 1.50. The van der Waals surface area contributed by atoms with Crippen LogP contribution in [0.4, 0.5) is 4.39 Å². The van der Waals surface area contributed by atoms with E-state index in [-0.39, 0.29) is 35.9 Å². The van der Waals surface area contributed by atoms with Crippen LogP contribution in [-0.4, -0.2) is 61.7 Å². The van der Waals surface area contributed by atoms with Crippen molar-refractivity contribution in [1.29, 1.82) is 0 Å². The number of halogens is 1. The molecule has 3 nitrogen and oxygen atoms in total. The third-order valence-corrected chi connectivity index (χ3v) is 13.4. The zero-order chi connectivity index (χ0) is 19.4. The van der Waals surface area contributed by atoms with Crippen LogP contribution in [0.15, 0.2) is 24.3 Å². The number of alkyl halides is 1. The molecule has 1 aromatic carbocycles. The second-order valence-corrected chi connectivity index (χ2v) is 24.2. The van der Waals surface area contributed by atoms with Crippen LogP contribution < -0.4 is 3.58 Å². The molecule has 1 aromatic rings. The van der Waals surface area contributed by atoms with Crippen molar-refractivity contribution in [2.45, 2.75) is 58.5 Å². The summed E-state index contributed by atoms with van der Waals surface area (Å²) in [6.07, 6.45) is 4.04. The van der Waals surface area contributed by atoms with Crippen molar-refractivity contribution in [3.8, 4) is 0 Å². The average molecular weight is 480 g/mol. The molecule has 0 aromatic heterocycles. The number of nitrogens with zero attached hydrogens (tertiary/aromatic N) is 1. The minimum atomic E-state index is -2.08. The van der Waals surface area contributed by atoms with E-state index in [1.165, 1.54) is 29.1 Å². The zero-order valence-corrected chi connectivity index (χ0v) is 19.9. The standard InChI is InChI=1S/C19H23FNO2.3CH3.Sn/c1-23-18(22)16-14(13-6-3-2-4-7-13)12-19-9-8-15(19)21(17(16)19)11-5-10-20;;;;/h3-4,6-7,14-17H,5,8-12H2,1H3;3*1H3;. The Bertz CT molecular complexity index is 716. The fraction of sp³-hybridized carbons (Fsp3) is 0.682. The number of hydrogen-bond acceptors (Lipinski definition) is 3. The third kappa shape index (κ3) is 2.97. The summed E-state index contributed by atoms with van der Waals surface area (Å²) in [6.45, 7) is 0.487. The minimum absolute atomic E-state index is 0.0865. The van der Waals surface area contributed by atoms with Gasteiger partial charge in [-0.1, -0.05) is 0 Å². The number of carbonyl (C=O) groups is 1. The van der Waals surface area contributed by atoms with Crippen LogP contribution in [0.5, 0.6) is 0 Å². The van der Waals surface area contributed by atoms with E-state index in [0.717, 1.165) is 13.0 Å². The van der Waals surface area contributed by atoms with Crippen LogP contribution >= 0.6 is 0 Å². The third-order valence-electron chi connectivity index (χ3n) is 7.50. The van der Waals surface area contributed by atoms with E-state index in [1.54, 1.807) is 0 Å². The van der Waals surface area contributed by atoms with E-state index in [0.29, 0.717) is 12.5 Å². The normalized spacial score (nSPS) is 35.0. The Morgan fingerprint density at radius 1 is 1.30 bits per heavy atom. The fourth-order valence-electron chi connectivity index (χ4n) is 6.13. The number of ether oxygens (including phenoxy) is 1. The van der Waals surface area contributed by atoms with Gasteiger partial charge in [-0.15, -0.1) is 0 Å². The van der Waals surface area contributed by atoms with Crippen LogP contribution in [0.1, 0.15) is 37.2 Å². The van der Waals surface area contributed by atoms with Crippen LogP contribution in [0.2, 0.25) is 14.8 Å². The number of rotatable bonds is 6. The molecule has 27 heavy (non-hydrogen) atoms. The number of hydrogen-bond donors (Lipinski definition) is 0. The van der Waals surface area contributed by atoms with Gasteiger partial charge in [0.05, 0.1) is 0 Å². The van der Waals surface area contributed by atoms with Crippen LogP contribution in [-0.2, 0) is 9.53 Å². The van der Waals surface area contributed by atoms with Gasteiger partial charge in [0.25, 0.3) is 0 Å². The Morgan fingerprint density at radius 3 is 2.52 bits per heavy atom. The van der Waals surface area contributed by atoms with Crippen molar-refractivity contribution in [2.24, 2.45) is 11.3 Å². The summed E-state index contributed by atoms with van der Waals surface area (Å²) >= 11 is -2.08. The Labute approximate surface area is 166 Å². The molecule has 0 bridgehead atoms. The molecule has 1 aliphatic heterocycles. The predicted octanol–water partition coefficient (Wildman–Crippen LogP) is 3.70. The molecule has 4 rings (SSSR count). The number of methoxy groups -OCH3 is 1. The number of likely N-dealkylation sites (tertiary alicyclic amines) is 1. The van der Waals surface area contributed by atoms with E-state index in [9.17, 15) is 9.18 Å². The van der Waals surface area contributed by atoms with Crippen LogP contribution in [0, 0.1) is 11.3 Å². The molecule has 0 N–H and O–H groups in total. The second kappa shape index (κ2) is 7.01. The molecule has 0 radical (unpaired) electrons. The quantitative estimate of drug-likeness (QED) is 0.460. The summed E-state index contributed by atoms with van der Waals surface area (Å²) in [5.74, 6) is 0.0246. The van der Waals surface area contributed by atoms with E-state index < -0.39 is 18.4 Å². The Kier molecular flexibility index (Phi) is 5.11. The molecule has 5 atom stereocenters. The van der Waals surface area contributed by atoms with Gasteiger partial charge in [-0.25, -0.2) is 0 Å². The van der Waals surface area contributed by atoms with Crippen LogP contribution in [0.25, 0.3) is 0 Å². The number of benzene rings is 1. The van der Waals surface area contributed by atoms with Gasteiger partial charge in [0.2, 0.25) is 0 Å². The SMILES string of the molecule is COC(=O)C1C(c2cc[c]([Sn]([CH3])([CH3])[CH3])cc2)CC23CCC2N(CCCF)C13. The first-order valence-corrected chi connectivity index (χ1v) is 20.3. The van der Waals surface area contributed by atoms with E-state index in [1.807, 2.05) is 0 Å². The van der Waals surface area contributed by atoms with Crippen LogP contribution in [0.3, 0.4) is 0 Å². The molecule has 1 spiro atoms. The average Bonchev–Trinajstić information content (AvgIpc) is 2.98. The fourth-order valence-corrected chi connectivity index (χ4v) is 9.46. The first-order valence-electron chi connectivity index (χ1n) is 10.3. The summed E-state index contributed by atoms with van der Waals surface area (Å²) in [5, 5.41) is 0. The molecule has 0 amide bonds. The maximum atomic E-state index is 12.8. The predicted molar refractivity (Wildman–Crippen MR) is 109 cm³/mol. The molecule has 2 saturated carbocycles. The monoisotopic (exact) mass is 481 g/mol. The van der Waals surface area contributed by atoms with Gasteiger partial charge in [0.15, 0.2) is 0 Å². The molecular weight excluding hydrogens is 448 g/mol. The molecule has 1 heterocycles. The van der Waals surface area contributed by atoms with Crippen molar-refractivity contribution in [3.05, 3.63) is 29.8 Å². The Morgan fingerprint density at radius 2 is 2.00 bits per heavy atom. The van der Waals surface area contributed by atoms with Crippen molar-refractivity contribution in [2.75, 3.05) is 20.3 Å². The van der Waals surface area contributed by atoms with Gasteiger partial charge in [-0.2, -0.15) is 0 Å². The molecule has 3 fully saturated rings. The van der Waals surface area contributed by atoms with Gasteiger partial charge in [0.1, 0.15) is 0 Å². The van der Waals surface area contributed by atoms with Gasteiger partial charge in [-0.3, -0.25) is 0 Å². The van der Waals surface area contributed by atoms with Crippen molar-refractivity contribution >= 4 is 27.9 Å². The van der Waals surface area contributed by atoms with E-state index in [4.69, 9.17) is 4.74 Å². The van der Waals surface area contributed by atoms with E-state index >= 15 is 0 Å². The molecule has 148 valence electrons. The molecule has 5 heteroatoms. The second-order valence-electron chi connectivity index (χ2n) is 9.74. The van der Waals surface area contributed by atoms with Crippen molar-refractivity contribution in [3.63, 3.8) is 0 Å². The summed E-state index contributed by atoms with van der Waals surface area (Å²) in [4.78, 5) is 22.5.